The van der Waals surface area contributed by atoms with Gasteiger partial charge in [-0.2, -0.15) is 0 Å². The van der Waals surface area contributed by atoms with Crippen LogP contribution in [-0.4, -0.2) is 70.2 Å². The maximum absolute atomic E-state index is 13.3. The molecular formula is C27H36BN3O6S. The summed E-state index contributed by atoms with van der Waals surface area (Å²) in [6, 6.07) is 13.2. The maximum Gasteiger partial charge on any atom is 0.551 e. The topological polar surface area (TPSA) is 127 Å². The van der Waals surface area contributed by atoms with Gasteiger partial charge in [0.05, 0.1) is 23.0 Å². The summed E-state index contributed by atoms with van der Waals surface area (Å²) in [4.78, 5) is 43.3. The first-order chi connectivity index (χ1) is 18.0. The summed E-state index contributed by atoms with van der Waals surface area (Å²) in [6.07, 6.45) is -0.742. The van der Waals surface area contributed by atoms with Crippen LogP contribution in [0.2, 0.25) is 0 Å². The molecule has 1 unspecified atom stereocenters. The predicted molar refractivity (Wildman–Crippen MR) is 148 cm³/mol. The third-order valence-corrected chi connectivity index (χ3v) is 7.18. The lowest BCUT2D eigenvalue weighted by atomic mass is 9.73. The molecule has 2 amide bonds. The SMILES string of the molecule is CC(C)C[C@H](NC(=O)C(NC(=O)c1cccc(-c2ccccc2)n1)[C@@H](C)O)B1OC[C@H](C)S[C@H](C)C(=O)O1. The Hall–Kier alpha value is -2.89. The van der Waals surface area contributed by atoms with Crippen molar-refractivity contribution >= 4 is 36.7 Å². The number of aliphatic hydroxyl groups is 1. The van der Waals surface area contributed by atoms with E-state index < -0.39 is 43.0 Å². The highest BCUT2D eigenvalue weighted by molar-refractivity contribution is 8.01. The van der Waals surface area contributed by atoms with Crippen LogP contribution in [-0.2, 0) is 18.9 Å². The van der Waals surface area contributed by atoms with Gasteiger partial charge < -0.3 is 25.0 Å². The van der Waals surface area contributed by atoms with Gasteiger partial charge in [-0.3, -0.25) is 14.4 Å². The maximum atomic E-state index is 13.3. The Morgan fingerprint density at radius 1 is 1.11 bits per heavy atom. The number of aromatic nitrogens is 1. The summed E-state index contributed by atoms with van der Waals surface area (Å²) in [5.41, 5.74) is 1.57. The summed E-state index contributed by atoms with van der Waals surface area (Å²) in [6.45, 7) is 9.46. The number of nitrogens with one attached hydrogen (secondary N) is 2. The minimum atomic E-state index is -1.27. The average Bonchev–Trinajstić information content (AvgIpc) is 2.88. The summed E-state index contributed by atoms with van der Waals surface area (Å²) < 4.78 is 11.5. The number of carbonyl (C=O) groups is 3. The van der Waals surface area contributed by atoms with E-state index in [0.717, 1.165) is 5.56 Å². The van der Waals surface area contributed by atoms with Crippen molar-refractivity contribution in [2.75, 3.05) is 6.61 Å². The van der Waals surface area contributed by atoms with Gasteiger partial charge in [-0.1, -0.05) is 57.2 Å². The molecular weight excluding hydrogens is 505 g/mol. The molecule has 1 saturated heterocycles. The molecule has 9 nitrogen and oxygen atoms in total. The fourth-order valence-corrected chi connectivity index (χ4v) is 5.11. The van der Waals surface area contributed by atoms with Gasteiger partial charge in [0.25, 0.3) is 5.91 Å². The van der Waals surface area contributed by atoms with E-state index in [9.17, 15) is 19.5 Å². The molecule has 1 aliphatic heterocycles. The molecule has 1 aromatic carbocycles. The molecule has 5 atom stereocenters. The number of hydrogen-bond acceptors (Lipinski definition) is 8. The van der Waals surface area contributed by atoms with Crippen LogP contribution >= 0.6 is 11.8 Å². The summed E-state index contributed by atoms with van der Waals surface area (Å²) >= 11 is 1.46. The zero-order chi connectivity index (χ0) is 27.8. The predicted octanol–water partition coefficient (Wildman–Crippen LogP) is 2.87. The summed E-state index contributed by atoms with van der Waals surface area (Å²) in [7, 11) is -0.991. The molecule has 3 N–H and O–H groups in total. The number of nitrogens with zero attached hydrogens (tertiary/aromatic N) is 1. The number of benzene rings is 1. The number of pyridine rings is 1. The van der Waals surface area contributed by atoms with Crippen molar-refractivity contribution in [3.8, 4) is 11.3 Å². The molecule has 0 aliphatic carbocycles. The van der Waals surface area contributed by atoms with Crippen LogP contribution in [0.1, 0.15) is 51.5 Å². The normalized spacial score (nSPS) is 20.5. The summed E-state index contributed by atoms with van der Waals surface area (Å²) in [5.74, 6) is -2.17. The van der Waals surface area contributed by atoms with Crippen molar-refractivity contribution in [2.45, 2.75) is 69.6 Å². The Kier molecular flexibility index (Phi) is 10.8. The van der Waals surface area contributed by atoms with E-state index in [1.807, 2.05) is 51.1 Å². The van der Waals surface area contributed by atoms with E-state index in [4.69, 9.17) is 9.31 Å². The van der Waals surface area contributed by atoms with Gasteiger partial charge in [0.1, 0.15) is 11.7 Å². The quantitative estimate of drug-likeness (QED) is 0.414. The molecule has 1 aliphatic rings. The van der Waals surface area contributed by atoms with Crippen molar-refractivity contribution in [1.29, 1.82) is 0 Å². The Balaban J connectivity index is 1.76. The molecule has 2 heterocycles. The molecule has 38 heavy (non-hydrogen) atoms. The number of aliphatic hydroxyl groups excluding tert-OH is 1. The fourth-order valence-electron chi connectivity index (χ4n) is 4.09. The lowest BCUT2D eigenvalue weighted by Crippen LogP contribution is -2.59. The fraction of sp³-hybridized carbons (Fsp3) is 0.481. The highest BCUT2D eigenvalue weighted by Crippen LogP contribution is 2.24. The Labute approximate surface area is 228 Å². The lowest BCUT2D eigenvalue weighted by Gasteiger charge is -2.31. The minimum absolute atomic E-state index is 0.0689. The third-order valence-electron chi connectivity index (χ3n) is 5.98. The number of amides is 2. The molecule has 3 rings (SSSR count). The van der Waals surface area contributed by atoms with Crippen LogP contribution < -0.4 is 10.6 Å². The first-order valence-corrected chi connectivity index (χ1v) is 13.8. The molecule has 0 bridgehead atoms. The molecule has 0 spiro atoms. The molecule has 1 aromatic heterocycles. The van der Waals surface area contributed by atoms with Gasteiger partial charge in [-0.05, 0) is 38.3 Å². The second kappa shape index (κ2) is 13.8. The Morgan fingerprint density at radius 2 is 1.82 bits per heavy atom. The van der Waals surface area contributed by atoms with Gasteiger partial charge in [0.15, 0.2) is 0 Å². The van der Waals surface area contributed by atoms with Gasteiger partial charge >= 0.3 is 13.1 Å². The Morgan fingerprint density at radius 3 is 2.47 bits per heavy atom. The molecule has 204 valence electrons. The van der Waals surface area contributed by atoms with Crippen LogP contribution in [0.5, 0.6) is 0 Å². The zero-order valence-corrected chi connectivity index (χ0v) is 23.2. The number of hydrogen-bond donors (Lipinski definition) is 3. The van der Waals surface area contributed by atoms with Crippen molar-refractivity contribution < 1.29 is 28.8 Å². The molecule has 0 radical (unpaired) electrons. The average molecular weight is 541 g/mol. The van der Waals surface area contributed by atoms with Crippen molar-refractivity contribution in [3.05, 3.63) is 54.2 Å². The summed E-state index contributed by atoms with van der Waals surface area (Å²) in [5, 5.41) is 15.5. The Bertz CT molecular complexity index is 1100. The lowest BCUT2D eigenvalue weighted by molar-refractivity contribution is -0.136. The van der Waals surface area contributed by atoms with Crippen LogP contribution in [0.25, 0.3) is 11.3 Å². The second-order valence-electron chi connectivity index (χ2n) is 9.94. The van der Waals surface area contributed by atoms with E-state index in [0.29, 0.717) is 18.7 Å². The van der Waals surface area contributed by atoms with Crippen molar-refractivity contribution in [3.63, 3.8) is 0 Å². The molecule has 2 aromatic rings. The molecule has 1 fully saturated rings. The van der Waals surface area contributed by atoms with Crippen LogP contribution in [0.3, 0.4) is 0 Å². The standard InChI is InChI=1S/C27H36BN3O6S/c1-16(2)14-23(28-36-15-17(3)38-19(5)27(35)37-28)30-26(34)24(18(4)32)31-25(33)22-13-9-12-21(29-22)20-10-7-6-8-11-20/h6-13,16-19,23-24,32H,14-15H2,1-5H3,(H,30,34)(H,31,33)/t17-,18+,19+,23-,24?/m0/s1. The van der Waals surface area contributed by atoms with E-state index in [1.165, 1.54) is 18.7 Å². The monoisotopic (exact) mass is 541 g/mol. The molecule has 0 saturated carbocycles. The first-order valence-electron chi connectivity index (χ1n) is 12.8. The molecule has 11 heteroatoms. The van der Waals surface area contributed by atoms with E-state index >= 15 is 0 Å². The van der Waals surface area contributed by atoms with Crippen LogP contribution in [0.15, 0.2) is 48.5 Å². The van der Waals surface area contributed by atoms with Gasteiger partial charge in [-0.15, -0.1) is 11.8 Å². The smallest absolute Gasteiger partial charge is 0.507 e. The van der Waals surface area contributed by atoms with E-state index in [1.54, 1.807) is 25.1 Å². The van der Waals surface area contributed by atoms with E-state index in [2.05, 4.69) is 15.6 Å². The van der Waals surface area contributed by atoms with Gasteiger partial charge in [0.2, 0.25) is 5.91 Å². The van der Waals surface area contributed by atoms with Crippen molar-refractivity contribution in [1.82, 2.24) is 15.6 Å². The minimum Gasteiger partial charge on any atom is -0.507 e. The third kappa shape index (κ3) is 8.31. The highest BCUT2D eigenvalue weighted by atomic mass is 32.2. The van der Waals surface area contributed by atoms with Crippen molar-refractivity contribution in [2.24, 2.45) is 5.92 Å². The van der Waals surface area contributed by atoms with Crippen LogP contribution in [0, 0.1) is 5.92 Å². The number of thioether (sulfide) groups is 1. The zero-order valence-electron chi connectivity index (χ0n) is 22.4. The van der Waals surface area contributed by atoms with Gasteiger partial charge in [-0.25, -0.2) is 4.98 Å². The highest BCUT2D eigenvalue weighted by Gasteiger charge is 2.40. The van der Waals surface area contributed by atoms with Gasteiger partial charge in [0, 0.05) is 17.4 Å². The number of carbonyl (C=O) groups excluding carboxylic acids is 3. The van der Waals surface area contributed by atoms with E-state index in [-0.39, 0.29) is 22.1 Å². The second-order valence-corrected chi connectivity index (χ2v) is 11.7. The number of rotatable bonds is 9. The first kappa shape index (κ1) is 29.7. The van der Waals surface area contributed by atoms with Crippen LogP contribution in [0.4, 0.5) is 0 Å². The largest absolute Gasteiger partial charge is 0.551 e.